The molecule has 14 heteroatoms. The molecular weight excluding hydrogens is 608 g/mol. The number of sulfonamides is 1. The van der Waals surface area contributed by atoms with Gasteiger partial charge in [-0.25, -0.2) is 22.9 Å². The summed E-state index contributed by atoms with van der Waals surface area (Å²) in [5.41, 5.74) is 8.71. The molecule has 0 saturated heterocycles. The van der Waals surface area contributed by atoms with Crippen molar-refractivity contribution in [2.75, 3.05) is 22.9 Å². The maximum absolute atomic E-state index is 13.8. The number of nitrogens with zero attached hydrogens (tertiary/aromatic N) is 5. The van der Waals surface area contributed by atoms with Crippen LogP contribution in [0.2, 0.25) is 0 Å². The van der Waals surface area contributed by atoms with Crippen LogP contribution in [0.5, 0.6) is 11.5 Å². The summed E-state index contributed by atoms with van der Waals surface area (Å²) >= 11 is 0. The van der Waals surface area contributed by atoms with Crippen molar-refractivity contribution in [3.8, 4) is 28.3 Å². The molecule has 13 nitrogen and oxygen atoms in total. The first-order chi connectivity index (χ1) is 22.1. The molecule has 0 saturated carbocycles. The number of nitrogen functional groups attached to an aromatic ring is 1. The van der Waals surface area contributed by atoms with Crippen LogP contribution in [-0.2, 0) is 10.0 Å². The molecule has 3 heterocycles. The van der Waals surface area contributed by atoms with Crippen LogP contribution in [0.3, 0.4) is 0 Å². The molecular formula is C32H30N8O5S. The van der Waals surface area contributed by atoms with Crippen molar-refractivity contribution >= 4 is 32.9 Å². The number of fused-ring (bicyclic) bond motifs is 1. The van der Waals surface area contributed by atoms with Gasteiger partial charge in [0.15, 0.2) is 5.82 Å². The van der Waals surface area contributed by atoms with Crippen LogP contribution >= 0.6 is 0 Å². The lowest BCUT2D eigenvalue weighted by molar-refractivity contribution is 0.414. The zero-order valence-corrected chi connectivity index (χ0v) is 25.9. The third kappa shape index (κ3) is 5.68. The summed E-state index contributed by atoms with van der Waals surface area (Å²) in [4.78, 5) is 22.3. The van der Waals surface area contributed by atoms with Crippen molar-refractivity contribution < 1.29 is 18.3 Å². The van der Waals surface area contributed by atoms with Crippen molar-refractivity contribution in [1.82, 2.24) is 24.1 Å². The average Bonchev–Trinajstić information content (AvgIpc) is 3.41. The number of nitrogens with one attached hydrogen (secondary N) is 2. The molecule has 5 N–H and O–H groups in total. The van der Waals surface area contributed by atoms with Gasteiger partial charge in [0, 0.05) is 12.3 Å². The molecule has 0 bridgehead atoms. The van der Waals surface area contributed by atoms with E-state index in [0.717, 1.165) is 5.56 Å². The smallest absolute Gasteiger partial charge is 0.282 e. The zero-order valence-electron chi connectivity index (χ0n) is 25.0. The second-order valence-electron chi connectivity index (χ2n) is 10.5. The predicted octanol–water partition coefficient (Wildman–Crippen LogP) is 4.52. The minimum Gasteiger partial charge on any atom is -0.508 e. The van der Waals surface area contributed by atoms with Crippen LogP contribution in [-0.4, -0.2) is 44.8 Å². The van der Waals surface area contributed by atoms with Crippen LogP contribution in [0.25, 0.3) is 22.3 Å². The molecule has 3 aromatic carbocycles. The second-order valence-corrected chi connectivity index (χ2v) is 12.2. The highest BCUT2D eigenvalue weighted by atomic mass is 32.2. The van der Waals surface area contributed by atoms with Gasteiger partial charge in [0.05, 0.1) is 35.0 Å². The highest BCUT2D eigenvalue weighted by molar-refractivity contribution is 7.92. The van der Waals surface area contributed by atoms with Crippen molar-refractivity contribution in [2.45, 2.75) is 24.8 Å². The Morgan fingerprint density at radius 1 is 1.00 bits per heavy atom. The van der Waals surface area contributed by atoms with Gasteiger partial charge < -0.3 is 20.9 Å². The Morgan fingerprint density at radius 2 is 1.74 bits per heavy atom. The summed E-state index contributed by atoms with van der Waals surface area (Å²) < 4.78 is 37.0. The fourth-order valence-corrected chi connectivity index (χ4v) is 6.23. The molecule has 0 unspecified atom stereocenters. The molecule has 46 heavy (non-hydrogen) atoms. The van der Waals surface area contributed by atoms with Crippen LogP contribution < -0.4 is 26.1 Å². The lowest BCUT2D eigenvalue weighted by Crippen LogP contribution is -2.29. The Morgan fingerprint density at radius 3 is 2.46 bits per heavy atom. The lowest BCUT2D eigenvalue weighted by atomic mass is 10.1. The van der Waals surface area contributed by atoms with E-state index in [4.69, 9.17) is 15.6 Å². The number of para-hydroxylation sites is 1. The number of ether oxygens (including phenoxy) is 1. The van der Waals surface area contributed by atoms with E-state index in [9.17, 15) is 18.3 Å². The Balaban J connectivity index is 1.39. The number of anilines is 3. The molecule has 0 aliphatic rings. The van der Waals surface area contributed by atoms with E-state index in [-0.39, 0.29) is 33.5 Å². The molecule has 1 atom stereocenters. The lowest BCUT2D eigenvalue weighted by Gasteiger charge is -2.21. The summed E-state index contributed by atoms with van der Waals surface area (Å²) in [6.07, 6.45) is 3.01. The van der Waals surface area contributed by atoms with Crippen molar-refractivity contribution in [3.05, 3.63) is 113 Å². The van der Waals surface area contributed by atoms with Crippen molar-refractivity contribution in [1.29, 1.82) is 0 Å². The number of phenols is 1. The predicted molar refractivity (Wildman–Crippen MR) is 175 cm³/mol. The number of methoxy groups -OCH3 is 1. The number of phenolic OH excluding ortho intramolecular Hbond substituents is 1. The van der Waals surface area contributed by atoms with Crippen molar-refractivity contribution in [3.63, 3.8) is 0 Å². The Kier molecular flexibility index (Phi) is 7.79. The first-order valence-corrected chi connectivity index (χ1v) is 15.6. The van der Waals surface area contributed by atoms with Crippen LogP contribution in [0.15, 0.2) is 101 Å². The largest absolute Gasteiger partial charge is 0.508 e. The fraction of sp³-hybridized carbons (Fsp3) is 0.125. The van der Waals surface area contributed by atoms with E-state index >= 15 is 0 Å². The summed E-state index contributed by atoms with van der Waals surface area (Å²) in [5.74, 6) is 1.02. The molecule has 0 aliphatic heterocycles. The van der Waals surface area contributed by atoms with Crippen LogP contribution in [0.1, 0.15) is 24.4 Å². The highest BCUT2D eigenvalue weighted by Gasteiger charge is 2.23. The van der Waals surface area contributed by atoms with Gasteiger partial charge in [-0.05, 0) is 79.6 Å². The maximum atomic E-state index is 13.8. The minimum absolute atomic E-state index is 0.00347. The monoisotopic (exact) mass is 638 g/mol. The molecule has 0 fully saturated rings. The van der Waals surface area contributed by atoms with E-state index in [1.54, 1.807) is 15.3 Å². The third-order valence-electron chi connectivity index (χ3n) is 7.37. The Bertz CT molecular complexity index is 2230. The number of hydrogen-bond donors (Lipinski definition) is 4. The first-order valence-electron chi connectivity index (χ1n) is 14.1. The van der Waals surface area contributed by atoms with Gasteiger partial charge in [0.2, 0.25) is 0 Å². The topological polar surface area (TPSA) is 179 Å². The van der Waals surface area contributed by atoms with Crippen LogP contribution in [0, 0.1) is 6.92 Å². The van der Waals surface area contributed by atoms with E-state index in [1.165, 1.54) is 55.9 Å². The van der Waals surface area contributed by atoms with Gasteiger partial charge >= 0.3 is 0 Å². The van der Waals surface area contributed by atoms with Gasteiger partial charge in [0.25, 0.3) is 15.6 Å². The number of benzene rings is 3. The van der Waals surface area contributed by atoms with Gasteiger partial charge in [-0.2, -0.15) is 5.10 Å². The Hall–Kier alpha value is -5.89. The van der Waals surface area contributed by atoms with E-state index in [0.29, 0.717) is 33.9 Å². The molecule has 0 aliphatic carbocycles. The minimum atomic E-state index is -4.02. The SMILES string of the molecule is COc1ccc(S(=O)(=O)Nc2cc(O)cc(-c3c(N)ncnc3N[C@@H](C)c3nn4ccc(C)c4c(=O)n3-c3ccccc3)c2)cc1. The van der Waals surface area contributed by atoms with Gasteiger partial charge in [-0.1, -0.05) is 18.2 Å². The van der Waals surface area contributed by atoms with E-state index < -0.39 is 16.1 Å². The summed E-state index contributed by atoms with van der Waals surface area (Å²) in [7, 11) is -2.53. The van der Waals surface area contributed by atoms with Crippen molar-refractivity contribution in [2.24, 2.45) is 0 Å². The number of aromatic nitrogens is 5. The molecule has 0 radical (unpaired) electrons. The number of aromatic hydroxyl groups is 1. The zero-order chi connectivity index (χ0) is 32.6. The number of nitrogens with two attached hydrogens (primary N) is 1. The molecule has 234 valence electrons. The number of aryl methyl sites for hydroxylation is 1. The number of rotatable bonds is 9. The Labute approximate surface area is 264 Å². The fourth-order valence-electron chi connectivity index (χ4n) is 5.18. The molecule has 0 spiro atoms. The number of hydrogen-bond acceptors (Lipinski definition) is 10. The molecule has 6 aromatic rings. The normalized spacial score (nSPS) is 12.2. The van der Waals surface area contributed by atoms with Crippen LogP contribution in [0.4, 0.5) is 17.3 Å². The summed E-state index contributed by atoms with van der Waals surface area (Å²) in [6.45, 7) is 3.67. The molecule has 6 rings (SSSR count). The average molecular weight is 639 g/mol. The van der Waals surface area contributed by atoms with Gasteiger partial charge in [0.1, 0.15) is 35.0 Å². The molecule has 0 amide bonds. The van der Waals surface area contributed by atoms with E-state index in [1.807, 2.05) is 50.2 Å². The second kappa shape index (κ2) is 11.9. The first kappa shape index (κ1) is 30.1. The van der Waals surface area contributed by atoms with Gasteiger partial charge in [-0.3, -0.25) is 14.1 Å². The highest BCUT2D eigenvalue weighted by Crippen LogP contribution is 2.37. The standard InChI is InChI=1S/C32H30N8O5S/c1-19-13-14-39-28(19)32(42)40(23-7-5-4-6-8-23)31(37-39)20(2)36-30-27(29(33)34-18-35-30)21-15-22(17-24(41)16-21)38-46(43,44)26-11-9-25(45-3)10-12-26/h4-18,20,38,41H,1-3H3,(H3,33,34,35,36)/t20-/m0/s1. The van der Waals surface area contributed by atoms with Gasteiger partial charge in [-0.15, -0.1) is 0 Å². The summed E-state index contributed by atoms with van der Waals surface area (Å²) in [6, 6.07) is 20.5. The van der Waals surface area contributed by atoms with E-state index in [2.05, 4.69) is 20.0 Å². The summed E-state index contributed by atoms with van der Waals surface area (Å²) in [5, 5.41) is 18.7. The quantitative estimate of drug-likeness (QED) is 0.176. The maximum Gasteiger partial charge on any atom is 0.282 e. The molecule has 3 aromatic heterocycles. The third-order valence-corrected chi connectivity index (χ3v) is 8.77.